The molecule has 0 saturated heterocycles. The first-order chi connectivity index (χ1) is 34.5. The maximum atomic E-state index is 9.89. The van der Waals surface area contributed by atoms with E-state index >= 15 is 0 Å². The van der Waals surface area contributed by atoms with Crippen LogP contribution >= 0.6 is 0 Å². The van der Waals surface area contributed by atoms with Crippen LogP contribution in [0.5, 0.6) is 0 Å². The second-order valence-electron chi connectivity index (χ2n) is 11.2. The van der Waals surface area contributed by atoms with Crippen LogP contribution in [-0.4, -0.2) is 0 Å². The Morgan fingerprint density at radius 2 is 0.660 bits per heavy atom. The van der Waals surface area contributed by atoms with Gasteiger partial charge in [-0.2, -0.15) is 0 Å². The Kier molecular flexibility index (Phi) is 3.24. The van der Waals surface area contributed by atoms with Crippen LogP contribution in [0, 0.1) is 6.92 Å². The van der Waals surface area contributed by atoms with Gasteiger partial charge in [-0.1, -0.05) is 159 Å². The van der Waals surface area contributed by atoms with Crippen LogP contribution in [0.2, 0.25) is 0 Å². The first-order valence-corrected chi connectivity index (χ1v) is 14.2. The fourth-order valence-corrected chi connectivity index (χ4v) is 4.84. The number of hydrogen-bond acceptors (Lipinski definition) is 0. The van der Waals surface area contributed by atoms with Crippen LogP contribution in [0.15, 0.2) is 169 Å². The molecular formula is C47H40. The van der Waals surface area contributed by atoms with E-state index in [4.69, 9.17) is 26.0 Å². The molecule has 7 rings (SSSR count). The average molecular weight is 633 g/mol. The molecule has 0 aliphatic carbocycles. The third-order valence-electron chi connectivity index (χ3n) is 6.88. The molecule has 0 radical (unpaired) electrons. The predicted molar refractivity (Wildman–Crippen MR) is 202 cm³/mol. The highest BCUT2D eigenvalue weighted by molar-refractivity contribution is 5.88. The fraction of sp³-hybridized carbons (Fsp3) is 0.106. The smallest absolute Gasteiger partial charge is 0.0622 e. The van der Waals surface area contributed by atoms with Gasteiger partial charge in [-0.15, -0.1) is 0 Å². The van der Waals surface area contributed by atoms with E-state index in [9.17, 15) is 12.3 Å². The van der Waals surface area contributed by atoms with Crippen LogP contribution in [0.3, 0.4) is 0 Å². The highest BCUT2D eigenvalue weighted by atomic mass is 14.3. The molecule has 0 unspecified atom stereocenters. The number of rotatable bonds is 6. The molecule has 7 aromatic carbocycles. The summed E-state index contributed by atoms with van der Waals surface area (Å²) in [5.41, 5.74) is -11.9. The van der Waals surface area contributed by atoms with Crippen molar-refractivity contribution in [3.63, 3.8) is 0 Å². The van der Waals surface area contributed by atoms with Gasteiger partial charge in [0, 0.05) is 0 Å². The molecule has 0 N–H and O–H groups in total. The molecule has 228 valence electrons. The molecular weight excluding hydrogens is 565 g/mol. The van der Waals surface area contributed by atoms with Crippen molar-refractivity contribution in [3.05, 3.63) is 180 Å². The molecule has 0 aliphatic heterocycles. The van der Waals surface area contributed by atoms with Gasteiger partial charge in [0.2, 0.25) is 0 Å². The Balaban J connectivity index is 1.86. The Labute approximate surface area is 319 Å². The molecule has 0 aliphatic rings. The molecule has 0 heterocycles. The summed E-state index contributed by atoms with van der Waals surface area (Å²) in [5, 5.41) is 0. The second kappa shape index (κ2) is 12.7. The molecule has 0 spiro atoms. The van der Waals surface area contributed by atoms with Crippen molar-refractivity contribution in [1.29, 1.82) is 0 Å². The topological polar surface area (TPSA) is 0 Å². The third-order valence-corrected chi connectivity index (χ3v) is 6.88. The quantitative estimate of drug-likeness (QED) is 0.171. The molecule has 0 aromatic heterocycles. The third kappa shape index (κ3) is 6.46. The van der Waals surface area contributed by atoms with E-state index in [2.05, 4.69) is 0 Å². The highest BCUT2D eigenvalue weighted by Crippen LogP contribution is 2.44. The summed E-state index contributed by atoms with van der Waals surface area (Å²) in [6, 6.07) is -26.4. The average Bonchev–Trinajstić information content (AvgIpc) is 3.35. The first kappa shape index (κ1) is 12.0. The standard InChI is InChI=1S/C47H40/c1-33-23-25-37(26-24-33)41-28-40(36-19-12-7-13-20-36)31-43(32-41)45-22-14-21-44(46(45)47(2,3)4)42-29-38(34-15-8-5-9-16-34)27-39(30-42)35-17-10-6-11-18-35/h5-32H,1-4H3/i5D,6D,7D,8D,9D,10D,11D,12D,13D,14D,15D,16D,17D,18D,19D,20D,21D,22D,23D,24D,25D,26D,27D,28D,29D,30D,31D,32D. The lowest BCUT2D eigenvalue weighted by molar-refractivity contribution is 0.593. The van der Waals surface area contributed by atoms with Crippen molar-refractivity contribution >= 4 is 0 Å². The molecule has 7 aromatic rings. The zero-order valence-corrected chi connectivity index (χ0v) is 25.5. The molecule has 0 fully saturated rings. The summed E-state index contributed by atoms with van der Waals surface area (Å²) >= 11 is 0. The van der Waals surface area contributed by atoms with Gasteiger partial charge >= 0.3 is 0 Å². The summed E-state index contributed by atoms with van der Waals surface area (Å²) in [6.07, 6.45) is 0. The Hall–Kier alpha value is -5.46. The predicted octanol–water partition coefficient (Wildman–Crippen LogP) is 13.3. The monoisotopic (exact) mass is 632 g/mol. The minimum atomic E-state index is -1.61. The lowest BCUT2D eigenvalue weighted by Gasteiger charge is -2.28. The minimum Gasteiger partial charge on any atom is -0.0622 e. The van der Waals surface area contributed by atoms with Gasteiger partial charge in [-0.3, -0.25) is 0 Å². The lowest BCUT2D eigenvalue weighted by atomic mass is 9.76. The summed E-state index contributed by atoms with van der Waals surface area (Å²) in [4.78, 5) is 0. The van der Waals surface area contributed by atoms with Crippen molar-refractivity contribution in [1.82, 2.24) is 0 Å². The molecule has 0 amide bonds. The van der Waals surface area contributed by atoms with Crippen molar-refractivity contribution < 1.29 is 38.4 Å². The van der Waals surface area contributed by atoms with Crippen LogP contribution in [0.1, 0.15) is 70.3 Å². The zero-order chi connectivity index (χ0) is 56.7. The van der Waals surface area contributed by atoms with Gasteiger partial charge in [0.25, 0.3) is 0 Å². The van der Waals surface area contributed by atoms with Gasteiger partial charge < -0.3 is 0 Å². The molecule has 0 saturated carbocycles. The fourth-order valence-electron chi connectivity index (χ4n) is 4.84. The van der Waals surface area contributed by atoms with E-state index in [0.29, 0.717) is 0 Å². The molecule has 0 heteroatoms. The Morgan fingerprint density at radius 1 is 0.340 bits per heavy atom. The number of benzene rings is 7. The van der Waals surface area contributed by atoms with Crippen LogP contribution in [0.25, 0.3) is 66.8 Å². The van der Waals surface area contributed by atoms with Crippen LogP contribution < -0.4 is 0 Å². The van der Waals surface area contributed by atoms with E-state index in [1.807, 2.05) is 0 Å². The van der Waals surface area contributed by atoms with E-state index in [-0.39, 0.29) is 5.56 Å². The second-order valence-corrected chi connectivity index (χ2v) is 11.2. The van der Waals surface area contributed by atoms with Gasteiger partial charge in [-0.05, 0) is 121 Å². The normalized spacial score (nSPS) is 19.7. The lowest BCUT2D eigenvalue weighted by Crippen LogP contribution is -2.15. The highest BCUT2D eigenvalue weighted by Gasteiger charge is 2.24. The molecule has 0 bridgehead atoms. The molecule has 0 nitrogen and oxygen atoms in total. The van der Waals surface area contributed by atoms with Gasteiger partial charge in [-0.25, -0.2) is 0 Å². The van der Waals surface area contributed by atoms with E-state index in [1.165, 1.54) is 27.7 Å². The number of hydrogen-bond donors (Lipinski definition) is 0. The molecule has 0 atom stereocenters. The van der Waals surface area contributed by atoms with Crippen molar-refractivity contribution in [3.8, 4) is 66.8 Å². The summed E-state index contributed by atoms with van der Waals surface area (Å²) in [6.45, 7) is 5.61. The van der Waals surface area contributed by atoms with E-state index < -0.39 is 247 Å². The van der Waals surface area contributed by atoms with Gasteiger partial charge in [0.1, 0.15) is 0 Å². The SMILES string of the molecule is [2H]c1c([2H])c([2H])c(-c2c([2H])c(-c3c([2H])c([2H])c([2H])c([2H])c3[2H])c([2H])c(-c3c([2H])c([2H])c([2H])c(-c4c([2H])c(-c5c([2H])c([2H])c([2H])c([2H])c5[2H])c([2H])c(-c5c([2H])c([2H])c(C)c([2H])c5[2H])c4[2H])c3C(C)(C)C)c2[2H])c([2H])c1[2H]. The van der Waals surface area contributed by atoms with E-state index in [1.54, 1.807) is 0 Å². The van der Waals surface area contributed by atoms with Crippen LogP contribution in [-0.2, 0) is 5.41 Å². The minimum absolute atomic E-state index is 0.157. The van der Waals surface area contributed by atoms with Crippen molar-refractivity contribution in [2.24, 2.45) is 0 Å². The molecule has 47 heavy (non-hydrogen) atoms. The van der Waals surface area contributed by atoms with Crippen molar-refractivity contribution in [2.75, 3.05) is 0 Å². The Morgan fingerprint density at radius 3 is 1.00 bits per heavy atom. The largest absolute Gasteiger partial charge is 0.0636 e. The first-order valence-electron chi connectivity index (χ1n) is 28.2. The van der Waals surface area contributed by atoms with Gasteiger partial charge in [0.05, 0.1) is 38.4 Å². The van der Waals surface area contributed by atoms with Crippen LogP contribution in [0.4, 0.5) is 0 Å². The zero-order valence-electron chi connectivity index (χ0n) is 53.5. The maximum absolute atomic E-state index is 9.89. The van der Waals surface area contributed by atoms with Crippen molar-refractivity contribution in [2.45, 2.75) is 33.1 Å². The van der Waals surface area contributed by atoms with E-state index in [0.717, 1.165) is 0 Å². The Bertz CT molecular complexity index is 3200. The summed E-state index contributed by atoms with van der Waals surface area (Å²) in [7, 11) is 0. The maximum Gasteiger partial charge on any atom is 0.0636 e. The summed E-state index contributed by atoms with van der Waals surface area (Å²) < 4.78 is 252. The summed E-state index contributed by atoms with van der Waals surface area (Å²) in [5.74, 6) is 0. The van der Waals surface area contributed by atoms with Gasteiger partial charge in [0.15, 0.2) is 0 Å².